The van der Waals surface area contributed by atoms with Gasteiger partial charge in [0.2, 0.25) is 17.7 Å². The molecule has 0 aromatic carbocycles. The number of unbranched alkanes of at least 4 members (excludes halogenated alkanes) is 1. The average Bonchev–Trinajstić information content (AvgIpc) is 3.50. The van der Waals surface area contributed by atoms with Gasteiger partial charge in [-0.25, -0.2) is 9.78 Å². The molecule has 0 spiro atoms. The Balaban J connectivity index is 2.02. The lowest BCUT2D eigenvalue weighted by atomic mass is 10.1. The van der Waals surface area contributed by atoms with Crippen molar-refractivity contribution in [2.45, 2.75) is 62.7 Å². The van der Waals surface area contributed by atoms with Gasteiger partial charge in [0.1, 0.15) is 18.1 Å². The third-order valence-corrected chi connectivity index (χ3v) is 5.37. The molecule has 3 amide bonds. The van der Waals surface area contributed by atoms with Gasteiger partial charge in [0.15, 0.2) is 0 Å². The number of aromatic nitrogens is 2. The number of hydrogen-bond acceptors (Lipinski definition) is 8. The van der Waals surface area contributed by atoms with E-state index in [9.17, 15) is 29.4 Å². The summed E-state index contributed by atoms with van der Waals surface area (Å²) in [6.45, 7) is 0.356. The van der Waals surface area contributed by atoms with E-state index < -0.39 is 48.6 Å². The average molecular weight is 468 g/mol. The van der Waals surface area contributed by atoms with Crippen molar-refractivity contribution >= 4 is 23.7 Å². The molecule has 1 aromatic heterocycles. The van der Waals surface area contributed by atoms with E-state index in [0.29, 0.717) is 38.0 Å². The summed E-state index contributed by atoms with van der Waals surface area (Å²) in [6, 6.07) is -4.02. The van der Waals surface area contributed by atoms with Gasteiger partial charge in [-0.05, 0) is 45.2 Å². The number of H-pyrrole nitrogens is 1. The number of aliphatic carboxylic acids is 1. The second kappa shape index (κ2) is 13.5. The third-order valence-electron chi connectivity index (χ3n) is 5.37. The van der Waals surface area contributed by atoms with Gasteiger partial charge < -0.3 is 42.2 Å². The van der Waals surface area contributed by atoms with Gasteiger partial charge in [0.05, 0.1) is 19.0 Å². The molecule has 4 unspecified atom stereocenters. The Morgan fingerprint density at radius 1 is 1.12 bits per heavy atom. The van der Waals surface area contributed by atoms with Crippen molar-refractivity contribution in [3.8, 4) is 0 Å². The number of nitrogens with zero attached hydrogens (tertiary/aromatic N) is 1. The van der Waals surface area contributed by atoms with Crippen LogP contribution in [-0.2, 0) is 25.6 Å². The molecule has 184 valence electrons. The predicted octanol–water partition coefficient (Wildman–Crippen LogP) is -2.64. The minimum atomic E-state index is -1.39. The third kappa shape index (κ3) is 8.44. The Labute approximate surface area is 191 Å². The summed E-state index contributed by atoms with van der Waals surface area (Å²) in [7, 11) is 0. The van der Waals surface area contributed by atoms with Crippen molar-refractivity contribution in [2.24, 2.45) is 5.73 Å². The molecule has 0 aliphatic carbocycles. The van der Waals surface area contributed by atoms with Gasteiger partial charge in [-0.1, -0.05) is 0 Å². The Morgan fingerprint density at radius 3 is 2.42 bits per heavy atom. The molecule has 2 rings (SSSR count). The molecular weight excluding hydrogens is 434 g/mol. The number of amides is 3. The minimum absolute atomic E-state index is 0.0842. The van der Waals surface area contributed by atoms with E-state index in [1.807, 2.05) is 0 Å². The lowest BCUT2D eigenvalue weighted by Crippen LogP contribution is -2.58. The van der Waals surface area contributed by atoms with E-state index in [2.05, 4.69) is 31.2 Å². The molecule has 13 nitrogen and oxygen atoms in total. The van der Waals surface area contributed by atoms with Crippen LogP contribution in [-0.4, -0.2) is 87.7 Å². The molecule has 0 radical (unpaired) electrons. The van der Waals surface area contributed by atoms with Crippen LogP contribution in [0.25, 0.3) is 0 Å². The molecule has 1 aliphatic rings. The number of carbonyl (C=O) groups excluding carboxylic acids is 3. The number of carboxylic acids is 1. The van der Waals surface area contributed by atoms with Crippen LogP contribution >= 0.6 is 0 Å². The van der Waals surface area contributed by atoms with E-state index in [1.165, 1.54) is 12.5 Å². The first-order chi connectivity index (χ1) is 15.8. The fourth-order valence-corrected chi connectivity index (χ4v) is 3.50. The molecule has 4 atom stereocenters. The number of carbonyl (C=O) groups is 4. The molecular formula is C20H33N7O6. The zero-order valence-corrected chi connectivity index (χ0v) is 18.4. The van der Waals surface area contributed by atoms with Crippen LogP contribution in [0.4, 0.5) is 0 Å². The number of hydrogen-bond donors (Lipinski definition) is 8. The first kappa shape index (κ1) is 26.2. The Hall–Kier alpha value is -3.03. The van der Waals surface area contributed by atoms with Gasteiger partial charge in [-0.15, -0.1) is 0 Å². The smallest absolute Gasteiger partial charge is 0.326 e. The van der Waals surface area contributed by atoms with Gasteiger partial charge in [-0.3, -0.25) is 14.4 Å². The molecule has 1 saturated heterocycles. The SMILES string of the molecule is NCCCCC(NC(=O)C(CO)NC(=O)C(Cc1cnc[nH]1)NC(=O)C1CCCN1)C(=O)O. The Bertz CT molecular complexity index is 782. The van der Waals surface area contributed by atoms with E-state index in [4.69, 9.17) is 5.73 Å². The zero-order valence-electron chi connectivity index (χ0n) is 18.4. The molecule has 13 heteroatoms. The maximum Gasteiger partial charge on any atom is 0.326 e. The summed E-state index contributed by atoms with van der Waals surface area (Å²) in [5.74, 6) is -3.10. The quantitative estimate of drug-likeness (QED) is 0.134. The van der Waals surface area contributed by atoms with Crippen LogP contribution < -0.4 is 27.0 Å². The maximum absolute atomic E-state index is 12.9. The lowest BCUT2D eigenvalue weighted by Gasteiger charge is -2.24. The minimum Gasteiger partial charge on any atom is -0.480 e. The number of aliphatic hydroxyl groups excluding tert-OH is 1. The highest BCUT2D eigenvalue weighted by atomic mass is 16.4. The molecule has 9 N–H and O–H groups in total. The lowest BCUT2D eigenvalue weighted by molar-refractivity contribution is -0.142. The van der Waals surface area contributed by atoms with Gasteiger partial charge >= 0.3 is 5.97 Å². The topological polar surface area (TPSA) is 212 Å². The molecule has 33 heavy (non-hydrogen) atoms. The van der Waals surface area contributed by atoms with Crippen molar-refractivity contribution in [3.05, 3.63) is 18.2 Å². The number of nitrogens with one attached hydrogen (secondary N) is 5. The summed E-state index contributed by atoms with van der Waals surface area (Å²) in [6.07, 6.45) is 5.78. The first-order valence-electron chi connectivity index (χ1n) is 11.0. The Morgan fingerprint density at radius 2 is 1.85 bits per heavy atom. The summed E-state index contributed by atoms with van der Waals surface area (Å²) in [5.41, 5.74) is 6.00. The van der Waals surface area contributed by atoms with Crippen LogP contribution in [0.2, 0.25) is 0 Å². The summed E-state index contributed by atoms with van der Waals surface area (Å²) in [4.78, 5) is 56.2. The molecule has 0 bridgehead atoms. The second-order valence-electron chi connectivity index (χ2n) is 7.92. The van der Waals surface area contributed by atoms with E-state index in [0.717, 1.165) is 6.42 Å². The molecule has 1 aliphatic heterocycles. The highest BCUT2D eigenvalue weighted by Gasteiger charge is 2.31. The monoisotopic (exact) mass is 467 g/mol. The van der Waals surface area contributed by atoms with Crippen LogP contribution in [0, 0.1) is 0 Å². The van der Waals surface area contributed by atoms with E-state index in [1.54, 1.807) is 0 Å². The highest BCUT2D eigenvalue weighted by Crippen LogP contribution is 2.07. The van der Waals surface area contributed by atoms with Crippen LogP contribution in [0.1, 0.15) is 37.8 Å². The standard InChI is InChI=1S/C20H33N7O6/c21-6-2-1-4-14(20(32)33)25-19(31)16(10-28)27-18(30)15(8-12-9-22-11-24-12)26-17(29)13-5-3-7-23-13/h9,11,13-16,23,28H,1-8,10,21H2,(H,22,24)(H,25,31)(H,26,29)(H,27,30)(H,32,33). The van der Waals surface area contributed by atoms with Crippen molar-refractivity contribution in [3.63, 3.8) is 0 Å². The van der Waals surface area contributed by atoms with Crippen molar-refractivity contribution in [1.29, 1.82) is 0 Å². The van der Waals surface area contributed by atoms with Crippen LogP contribution in [0.3, 0.4) is 0 Å². The highest BCUT2D eigenvalue weighted by molar-refractivity contribution is 5.94. The molecule has 1 fully saturated rings. The maximum atomic E-state index is 12.9. The van der Waals surface area contributed by atoms with Crippen LogP contribution in [0.5, 0.6) is 0 Å². The number of imidazole rings is 1. The van der Waals surface area contributed by atoms with E-state index in [-0.39, 0.29) is 18.7 Å². The predicted molar refractivity (Wildman–Crippen MR) is 117 cm³/mol. The Kier molecular flexibility index (Phi) is 10.7. The number of carboxylic acid groups (broad SMARTS) is 1. The number of rotatable bonds is 14. The zero-order chi connectivity index (χ0) is 24.2. The normalized spacial score (nSPS) is 18.2. The van der Waals surface area contributed by atoms with Gasteiger partial charge in [0, 0.05) is 18.3 Å². The second-order valence-corrected chi connectivity index (χ2v) is 7.92. The molecule has 0 saturated carbocycles. The van der Waals surface area contributed by atoms with Crippen molar-refractivity contribution in [2.75, 3.05) is 19.7 Å². The first-order valence-corrected chi connectivity index (χ1v) is 11.0. The van der Waals surface area contributed by atoms with Gasteiger partial charge in [-0.2, -0.15) is 0 Å². The number of nitrogens with two attached hydrogens (primary N) is 1. The number of aromatic amines is 1. The molecule has 1 aromatic rings. The summed E-state index contributed by atoms with van der Waals surface area (Å²) >= 11 is 0. The largest absolute Gasteiger partial charge is 0.480 e. The molecule has 2 heterocycles. The van der Waals surface area contributed by atoms with E-state index >= 15 is 0 Å². The van der Waals surface area contributed by atoms with Crippen molar-refractivity contribution < 1.29 is 29.4 Å². The fraction of sp³-hybridized carbons (Fsp3) is 0.650. The van der Waals surface area contributed by atoms with Crippen molar-refractivity contribution in [1.82, 2.24) is 31.2 Å². The van der Waals surface area contributed by atoms with Gasteiger partial charge in [0.25, 0.3) is 0 Å². The van der Waals surface area contributed by atoms with Crippen LogP contribution in [0.15, 0.2) is 12.5 Å². The summed E-state index contributed by atoms with van der Waals surface area (Å²) < 4.78 is 0. The summed E-state index contributed by atoms with van der Waals surface area (Å²) in [5, 5.41) is 29.5. The fourth-order valence-electron chi connectivity index (χ4n) is 3.50. The number of aliphatic hydroxyl groups is 1.